The third kappa shape index (κ3) is 4.08. The molecule has 2 nitrogen and oxygen atoms in total. The predicted molar refractivity (Wildman–Crippen MR) is 91.8 cm³/mol. The number of rotatable bonds is 5. The van der Waals surface area contributed by atoms with E-state index in [9.17, 15) is 0 Å². The summed E-state index contributed by atoms with van der Waals surface area (Å²) in [4.78, 5) is 2.68. The zero-order chi connectivity index (χ0) is 15.4. The molecule has 0 aliphatic carbocycles. The largest absolute Gasteiger partial charge is 0.312 e. The maximum absolute atomic E-state index is 3.51. The van der Waals surface area contributed by atoms with Crippen molar-refractivity contribution in [3.8, 4) is 0 Å². The molecule has 3 unspecified atom stereocenters. The van der Waals surface area contributed by atoms with Gasteiger partial charge in [0.25, 0.3) is 0 Å². The maximum Gasteiger partial charge on any atom is 0.0447 e. The Morgan fingerprint density at radius 1 is 1.05 bits per heavy atom. The number of piperidine rings is 1. The van der Waals surface area contributed by atoms with Crippen LogP contribution in [0.2, 0.25) is 0 Å². The second-order valence-electron chi connectivity index (χ2n) is 6.99. The van der Waals surface area contributed by atoms with Crippen molar-refractivity contribution in [2.45, 2.75) is 71.0 Å². The number of nitrogens with zero attached hydrogens (tertiary/aromatic N) is 1. The molecule has 1 aromatic carbocycles. The molecule has 1 aliphatic rings. The molecule has 1 aliphatic heterocycles. The van der Waals surface area contributed by atoms with Crippen molar-refractivity contribution in [2.75, 3.05) is 13.6 Å². The summed E-state index contributed by atoms with van der Waals surface area (Å²) in [5.41, 5.74) is 2.83. The highest BCUT2D eigenvalue weighted by Crippen LogP contribution is 2.26. The van der Waals surface area contributed by atoms with Gasteiger partial charge in [0.05, 0.1) is 0 Å². The molecule has 3 atom stereocenters. The van der Waals surface area contributed by atoms with E-state index in [1.54, 1.807) is 0 Å². The van der Waals surface area contributed by atoms with Gasteiger partial charge in [0.1, 0.15) is 0 Å². The summed E-state index contributed by atoms with van der Waals surface area (Å²) < 4.78 is 0. The van der Waals surface area contributed by atoms with E-state index in [1.165, 1.54) is 30.4 Å². The number of likely N-dealkylation sites (N-methyl/N-ethyl adjacent to an activating group) is 1. The third-order valence-electron chi connectivity index (χ3n) is 5.12. The van der Waals surface area contributed by atoms with Gasteiger partial charge in [-0.25, -0.2) is 0 Å². The van der Waals surface area contributed by atoms with E-state index in [-0.39, 0.29) is 0 Å². The zero-order valence-corrected chi connectivity index (χ0v) is 14.4. The minimum Gasteiger partial charge on any atom is -0.312 e. The summed E-state index contributed by atoms with van der Waals surface area (Å²) in [5.74, 6) is 0.606. The third-order valence-corrected chi connectivity index (χ3v) is 5.12. The van der Waals surface area contributed by atoms with E-state index in [4.69, 9.17) is 0 Å². The molecule has 0 radical (unpaired) electrons. The van der Waals surface area contributed by atoms with Crippen LogP contribution in [0.15, 0.2) is 24.3 Å². The van der Waals surface area contributed by atoms with Crippen LogP contribution < -0.4 is 5.32 Å². The average molecular weight is 288 g/mol. The predicted octanol–water partition coefficient (Wildman–Crippen LogP) is 4.33. The van der Waals surface area contributed by atoms with Crippen molar-refractivity contribution < 1.29 is 0 Å². The Morgan fingerprint density at radius 3 is 2.05 bits per heavy atom. The molecule has 1 saturated heterocycles. The molecule has 2 heteroatoms. The molecular formula is C19H32N2. The Labute approximate surface area is 130 Å². The summed E-state index contributed by atoms with van der Waals surface area (Å²) in [6.45, 7) is 10.4. The first-order valence-corrected chi connectivity index (χ1v) is 8.55. The Hall–Kier alpha value is -0.860. The van der Waals surface area contributed by atoms with Crippen LogP contribution in [0.5, 0.6) is 0 Å². The normalized spacial score (nSPS) is 25.2. The van der Waals surface area contributed by atoms with Gasteiger partial charge in [-0.1, -0.05) is 44.5 Å². The van der Waals surface area contributed by atoms with Gasteiger partial charge < -0.3 is 5.32 Å². The molecule has 118 valence electrons. The van der Waals surface area contributed by atoms with Crippen molar-refractivity contribution in [3.63, 3.8) is 0 Å². The van der Waals surface area contributed by atoms with Crippen molar-refractivity contribution in [3.05, 3.63) is 35.4 Å². The Kier molecular flexibility index (Phi) is 5.83. The lowest BCUT2D eigenvalue weighted by Gasteiger charge is -2.41. The highest BCUT2D eigenvalue weighted by Gasteiger charge is 2.27. The van der Waals surface area contributed by atoms with Gasteiger partial charge in [0.2, 0.25) is 0 Å². The van der Waals surface area contributed by atoms with Crippen LogP contribution in [0, 0.1) is 0 Å². The van der Waals surface area contributed by atoms with Gasteiger partial charge in [0, 0.05) is 24.7 Å². The fourth-order valence-electron chi connectivity index (χ4n) is 3.52. The maximum atomic E-state index is 3.51. The highest BCUT2D eigenvalue weighted by atomic mass is 15.2. The Balaban J connectivity index is 2.08. The van der Waals surface area contributed by atoms with Crippen molar-refractivity contribution in [1.29, 1.82) is 0 Å². The number of hydrogen-bond donors (Lipinski definition) is 1. The number of likely N-dealkylation sites (tertiary alicyclic amines) is 1. The standard InChI is InChI=1S/C19H32N2/c1-14(2)17-9-11-18(12-10-17)19(20-5)13-21-15(3)7-6-8-16(21)4/h9-12,14-16,19-20H,6-8,13H2,1-5H3. The van der Waals surface area contributed by atoms with Crippen LogP contribution >= 0.6 is 0 Å². The quantitative estimate of drug-likeness (QED) is 0.867. The topological polar surface area (TPSA) is 15.3 Å². The number of nitrogens with one attached hydrogen (secondary N) is 1. The fraction of sp³-hybridized carbons (Fsp3) is 0.684. The van der Waals surface area contributed by atoms with E-state index >= 15 is 0 Å². The molecule has 0 amide bonds. The molecule has 1 aromatic rings. The molecule has 1 fully saturated rings. The Bertz CT molecular complexity index is 414. The minimum atomic E-state index is 0.425. The second-order valence-corrected chi connectivity index (χ2v) is 6.99. The molecule has 1 N–H and O–H groups in total. The van der Waals surface area contributed by atoms with E-state index < -0.39 is 0 Å². The Morgan fingerprint density at radius 2 is 1.57 bits per heavy atom. The van der Waals surface area contributed by atoms with Gasteiger partial charge in [-0.3, -0.25) is 4.90 Å². The van der Waals surface area contributed by atoms with Crippen molar-refractivity contribution in [2.24, 2.45) is 0 Å². The van der Waals surface area contributed by atoms with Crippen LogP contribution in [0.3, 0.4) is 0 Å². The first-order valence-electron chi connectivity index (χ1n) is 8.55. The highest BCUT2D eigenvalue weighted by molar-refractivity contribution is 5.27. The molecular weight excluding hydrogens is 256 g/mol. The summed E-state index contributed by atoms with van der Waals surface area (Å²) in [5, 5.41) is 3.51. The van der Waals surface area contributed by atoms with Crippen LogP contribution in [-0.4, -0.2) is 30.6 Å². The van der Waals surface area contributed by atoms with E-state index in [2.05, 4.69) is 69.2 Å². The molecule has 0 saturated carbocycles. The number of hydrogen-bond acceptors (Lipinski definition) is 2. The lowest BCUT2D eigenvalue weighted by Crippen LogP contribution is -2.47. The van der Waals surface area contributed by atoms with Gasteiger partial charge in [-0.05, 0) is 50.8 Å². The number of benzene rings is 1. The van der Waals surface area contributed by atoms with E-state index in [0.29, 0.717) is 24.0 Å². The van der Waals surface area contributed by atoms with E-state index in [1.807, 2.05) is 0 Å². The summed E-state index contributed by atoms with van der Waals surface area (Å²) in [6.07, 6.45) is 4.06. The second kappa shape index (κ2) is 7.42. The van der Waals surface area contributed by atoms with Gasteiger partial charge in [0.15, 0.2) is 0 Å². The summed E-state index contributed by atoms with van der Waals surface area (Å²) in [7, 11) is 2.08. The minimum absolute atomic E-state index is 0.425. The lowest BCUT2D eigenvalue weighted by atomic mass is 9.94. The fourth-order valence-corrected chi connectivity index (χ4v) is 3.52. The van der Waals surface area contributed by atoms with Crippen LogP contribution in [0.25, 0.3) is 0 Å². The van der Waals surface area contributed by atoms with Crippen LogP contribution in [-0.2, 0) is 0 Å². The molecule has 0 aromatic heterocycles. The molecule has 2 rings (SSSR count). The summed E-state index contributed by atoms with van der Waals surface area (Å²) in [6, 6.07) is 11.0. The molecule has 1 heterocycles. The SMILES string of the molecule is CNC(CN1C(C)CCCC1C)c1ccc(C(C)C)cc1. The lowest BCUT2D eigenvalue weighted by molar-refractivity contribution is 0.0920. The monoisotopic (exact) mass is 288 g/mol. The molecule has 21 heavy (non-hydrogen) atoms. The van der Waals surface area contributed by atoms with Crippen molar-refractivity contribution >= 4 is 0 Å². The summed E-state index contributed by atoms with van der Waals surface area (Å²) >= 11 is 0. The van der Waals surface area contributed by atoms with Gasteiger partial charge >= 0.3 is 0 Å². The smallest absolute Gasteiger partial charge is 0.0447 e. The molecule has 0 spiro atoms. The first-order chi connectivity index (χ1) is 10.0. The first kappa shape index (κ1) is 16.5. The van der Waals surface area contributed by atoms with E-state index in [0.717, 1.165) is 6.54 Å². The van der Waals surface area contributed by atoms with Crippen LogP contribution in [0.1, 0.15) is 70.0 Å². The molecule has 0 bridgehead atoms. The average Bonchev–Trinajstić information content (AvgIpc) is 2.47. The van der Waals surface area contributed by atoms with Crippen LogP contribution in [0.4, 0.5) is 0 Å². The van der Waals surface area contributed by atoms with Crippen molar-refractivity contribution in [1.82, 2.24) is 10.2 Å². The van der Waals surface area contributed by atoms with Gasteiger partial charge in [-0.2, -0.15) is 0 Å². The van der Waals surface area contributed by atoms with Gasteiger partial charge in [-0.15, -0.1) is 0 Å². The zero-order valence-electron chi connectivity index (χ0n) is 14.4.